The Hall–Kier alpha value is 0.360. The molecule has 0 aliphatic heterocycles. The van der Waals surface area contributed by atoms with Gasteiger partial charge in [0.2, 0.25) is 0 Å². The second kappa shape index (κ2) is 2.96. The summed E-state index contributed by atoms with van der Waals surface area (Å²) in [7, 11) is 0. The molecule has 0 radical (unpaired) electrons. The van der Waals surface area contributed by atoms with Gasteiger partial charge in [-0.3, -0.25) is 0 Å². The van der Waals surface area contributed by atoms with Gasteiger partial charge in [0.15, 0.2) is 0 Å². The number of hydrogen-bond donors (Lipinski definition) is 0. The van der Waals surface area contributed by atoms with Crippen molar-refractivity contribution >= 4 is 38.5 Å². The van der Waals surface area contributed by atoms with Crippen molar-refractivity contribution in [1.29, 1.82) is 0 Å². The van der Waals surface area contributed by atoms with E-state index in [2.05, 4.69) is 15.9 Å². The van der Waals surface area contributed by atoms with Gasteiger partial charge in [-0.15, -0.1) is 0 Å². The van der Waals surface area contributed by atoms with Crippen molar-refractivity contribution in [2.45, 2.75) is 0 Å². The van der Waals surface area contributed by atoms with Crippen LogP contribution in [0.2, 0.25) is 0 Å². The largest absolute Gasteiger partial charge is 0.206 e. The smallest absolute Gasteiger partial charge is 0.137 e. The first kappa shape index (κ1) is 7.47. The van der Waals surface area contributed by atoms with Gasteiger partial charge in [-0.05, 0) is 50.7 Å². The highest BCUT2D eigenvalue weighted by Gasteiger charge is 1.99. The molecule has 9 heavy (non-hydrogen) atoms. The third-order valence-electron chi connectivity index (χ3n) is 0.904. The molecular formula is C6H3BrFI. The van der Waals surface area contributed by atoms with E-state index < -0.39 is 0 Å². The summed E-state index contributed by atoms with van der Waals surface area (Å²) in [6.07, 6.45) is 0. The third kappa shape index (κ3) is 1.64. The quantitative estimate of drug-likeness (QED) is 0.510. The Morgan fingerprint density at radius 2 is 2.11 bits per heavy atom. The topological polar surface area (TPSA) is 0 Å². The molecule has 0 spiro atoms. The van der Waals surface area contributed by atoms with Crippen LogP contribution in [0.3, 0.4) is 0 Å². The molecule has 1 rings (SSSR count). The van der Waals surface area contributed by atoms with E-state index in [1.807, 2.05) is 28.7 Å². The standard InChI is InChI=1S/C6H3BrFI/c7-4-2-1-3-5(8)6(4)9/h1-3H. The molecule has 0 amide bonds. The SMILES string of the molecule is Fc1cccc(Br)c1I. The molecule has 0 saturated heterocycles. The van der Waals surface area contributed by atoms with Crippen LogP contribution in [0, 0.1) is 9.39 Å². The molecule has 0 saturated carbocycles. The van der Waals surface area contributed by atoms with Crippen molar-refractivity contribution in [2.75, 3.05) is 0 Å². The molecule has 1 aromatic carbocycles. The minimum atomic E-state index is -0.176. The van der Waals surface area contributed by atoms with Gasteiger partial charge in [0.1, 0.15) is 5.82 Å². The predicted octanol–water partition coefficient (Wildman–Crippen LogP) is 3.19. The lowest BCUT2D eigenvalue weighted by Gasteiger charge is -1.93. The van der Waals surface area contributed by atoms with Crippen molar-refractivity contribution in [3.8, 4) is 0 Å². The van der Waals surface area contributed by atoms with Crippen LogP contribution in [0.4, 0.5) is 4.39 Å². The molecule has 0 fully saturated rings. The zero-order chi connectivity index (χ0) is 6.85. The Balaban J connectivity index is 3.25. The molecule has 0 N–H and O–H groups in total. The fraction of sp³-hybridized carbons (Fsp3) is 0. The van der Waals surface area contributed by atoms with Crippen LogP contribution in [-0.2, 0) is 0 Å². The zero-order valence-electron chi connectivity index (χ0n) is 4.37. The van der Waals surface area contributed by atoms with Crippen molar-refractivity contribution in [3.63, 3.8) is 0 Å². The van der Waals surface area contributed by atoms with E-state index >= 15 is 0 Å². The fourth-order valence-corrected chi connectivity index (χ4v) is 1.18. The van der Waals surface area contributed by atoms with Crippen LogP contribution in [0.15, 0.2) is 22.7 Å². The maximum atomic E-state index is 12.5. The summed E-state index contributed by atoms with van der Waals surface area (Å²) in [6.45, 7) is 0. The van der Waals surface area contributed by atoms with Crippen LogP contribution in [0.1, 0.15) is 0 Å². The van der Waals surface area contributed by atoms with Gasteiger partial charge in [0.05, 0.1) is 3.57 Å². The van der Waals surface area contributed by atoms with E-state index in [1.54, 1.807) is 6.07 Å². The van der Waals surface area contributed by atoms with Crippen molar-refractivity contribution in [3.05, 3.63) is 32.1 Å². The van der Waals surface area contributed by atoms with E-state index in [9.17, 15) is 4.39 Å². The first-order valence-corrected chi connectivity index (χ1v) is 4.18. The van der Waals surface area contributed by atoms with Gasteiger partial charge in [0, 0.05) is 4.47 Å². The van der Waals surface area contributed by atoms with Crippen molar-refractivity contribution < 1.29 is 4.39 Å². The minimum Gasteiger partial charge on any atom is -0.206 e. The average molecular weight is 301 g/mol. The summed E-state index contributed by atoms with van der Waals surface area (Å²) >= 11 is 5.15. The van der Waals surface area contributed by atoms with Crippen LogP contribution < -0.4 is 0 Å². The average Bonchev–Trinajstić information content (AvgIpc) is 1.83. The van der Waals surface area contributed by atoms with Gasteiger partial charge >= 0.3 is 0 Å². The lowest BCUT2D eigenvalue weighted by molar-refractivity contribution is 0.619. The number of benzene rings is 1. The molecule has 0 nitrogen and oxygen atoms in total. The number of rotatable bonds is 0. The Morgan fingerprint density at radius 1 is 1.44 bits per heavy atom. The second-order valence-corrected chi connectivity index (χ2v) is 3.47. The predicted molar refractivity (Wildman–Crippen MR) is 46.8 cm³/mol. The van der Waals surface area contributed by atoms with E-state index in [-0.39, 0.29) is 5.82 Å². The highest BCUT2D eigenvalue weighted by molar-refractivity contribution is 14.1. The summed E-state index contributed by atoms with van der Waals surface area (Å²) in [5.41, 5.74) is 0. The molecule has 3 heteroatoms. The first-order chi connectivity index (χ1) is 4.22. The lowest BCUT2D eigenvalue weighted by atomic mass is 10.4. The van der Waals surface area contributed by atoms with Gasteiger partial charge < -0.3 is 0 Å². The maximum Gasteiger partial charge on any atom is 0.137 e. The Bertz CT molecular complexity index is 204. The zero-order valence-corrected chi connectivity index (χ0v) is 8.11. The van der Waals surface area contributed by atoms with E-state index in [1.165, 1.54) is 6.07 Å². The molecule has 1 aromatic rings. The highest BCUT2D eigenvalue weighted by atomic mass is 127. The number of hydrogen-bond acceptors (Lipinski definition) is 0. The summed E-state index contributed by atoms with van der Waals surface area (Å²) < 4.78 is 14.0. The normalized spacial score (nSPS) is 9.67. The fourth-order valence-electron chi connectivity index (χ4n) is 0.477. The van der Waals surface area contributed by atoms with Crippen LogP contribution in [0.25, 0.3) is 0 Å². The Kier molecular flexibility index (Phi) is 2.46. The van der Waals surface area contributed by atoms with Gasteiger partial charge in [-0.25, -0.2) is 4.39 Å². The van der Waals surface area contributed by atoms with E-state index in [0.717, 1.165) is 4.47 Å². The van der Waals surface area contributed by atoms with Gasteiger partial charge in [0.25, 0.3) is 0 Å². The first-order valence-electron chi connectivity index (χ1n) is 2.31. The Morgan fingerprint density at radius 3 is 2.56 bits per heavy atom. The summed E-state index contributed by atoms with van der Waals surface area (Å²) in [4.78, 5) is 0. The summed E-state index contributed by atoms with van der Waals surface area (Å²) in [6, 6.07) is 4.92. The molecule has 0 aromatic heterocycles. The van der Waals surface area contributed by atoms with E-state index in [0.29, 0.717) is 3.57 Å². The van der Waals surface area contributed by atoms with Gasteiger partial charge in [-0.1, -0.05) is 6.07 Å². The molecule has 0 unspecified atom stereocenters. The molecule has 0 bridgehead atoms. The number of halogens is 3. The monoisotopic (exact) mass is 300 g/mol. The molecule has 0 heterocycles. The second-order valence-electron chi connectivity index (χ2n) is 1.54. The van der Waals surface area contributed by atoms with E-state index in [4.69, 9.17) is 0 Å². The molecule has 0 aliphatic rings. The minimum absolute atomic E-state index is 0.176. The van der Waals surface area contributed by atoms with Crippen LogP contribution in [0.5, 0.6) is 0 Å². The van der Waals surface area contributed by atoms with Gasteiger partial charge in [-0.2, -0.15) is 0 Å². The Labute approximate surface area is 74.7 Å². The van der Waals surface area contributed by atoms with Crippen LogP contribution >= 0.6 is 38.5 Å². The van der Waals surface area contributed by atoms with Crippen molar-refractivity contribution in [2.24, 2.45) is 0 Å². The third-order valence-corrected chi connectivity index (χ3v) is 3.40. The molecule has 48 valence electrons. The molecule has 0 atom stereocenters. The maximum absolute atomic E-state index is 12.5. The van der Waals surface area contributed by atoms with Crippen molar-refractivity contribution in [1.82, 2.24) is 0 Å². The summed E-state index contributed by atoms with van der Waals surface area (Å²) in [5, 5.41) is 0. The molecular weight excluding hydrogens is 298 g/mol. The molecule has 0 aliphatic carbocycles. The summed E-state index contributed by atoms with van der Waals surface area (Å²) in [5.74, 6) is -0.176. The van der Waals surface area contributed by atoms with Crippen LogP contribution in [-0.4, -0.2) is 0 Å². The lowest BCUT2D eigenvalue weighted by Crippen LogP contribution is -1.79. The highest BCUT2D eigenvalue weighted by Crippen LogP contribution is 2.20.